The third-order valence-electron chi connectivity index (χ3n) is 4.08. The smallest absolute Gasteiger partial charge is 0.270 e. The van der Waals surface area contributed by atoms with Crippen LogP contribution in [0, 0.1) is 10.1 Å². The summed E-state index contributed by atoms with van der Waals surface area (Å²) in [6.45, 7) is 0. The average Bonchev–Trinajstić information content (AvgIpc) is 3.23. The zero-order chi connectivity index (χ0) is 15.9. The van der Waals surface area contributed by atoms with Gasteiger partial charge in [-0.15, -0.1) is 0 Å². The highest BCUT2D eigenvalue weighted by atomic mass is 32.2. The Morgan fingerprint density at radius 2 is 1.95 bits per heavy atom. The molecule has 8 heteroatoms. The van der Waals surface area contributed by atoms with Gasteiger partial charge in [0.25, 0.3) is 11.6 Å². The summed E-state index contributed by atoms with van der Waals surface area (Å²) in [5, 5.41) is 10.8. The maximum Gasteiger partial charge on any atom is 0.270 e. The van der Waals surface area contributed by atoms with Crippen LogP contribution in [0.3, 0.4) is 0 Å². The minimum Gasteiger partial charge on any atom is -0.332 e. The van der Waals surface area contributed by atoms with Gasteiger partial charge in [-0.2, -0.15) is 0 Å². The van der Waals surface area contributed by atoms with Crippen LogP contribution in [0.5, 0.6) is 0 Å². The molecule has 0 radical (unpaired) electrons. The maximum atomic E-state index is 12.7. The Bertz CT molecular complexity index is 727. The first-order chi connectivity index (χ1) is 10.4. The number of nitro benzene ring substituents is 1. The Balaban J connectivity index is 1.87. The van der Waals surface area contributed by atoms with E-state index < -0.39 is 14.8 Å². The van der Waals surface area contributed by atoms with Gasteiger partial charge < -0.3 is 4.90 Å². The molecular formula is C14H16N2O5S. The lowest BCUT2D eigenvalue weighted by atomic mass is 10.1. The van der Waals surface area contributed by atoms with Gasteiger partial charge in [-0.1, -0.05) is 6.07 Å². The zero-order valence-corrected chi connectivity index (χ0v) is 12.7. The highest BCUT2D eigenvalue weighted by molar-refractivity contribution is 7.91. The highest BCUT2D eigenvalue weighted by Gasteiger charge is 2.42. The van der Waals surface area contributed by atoms with Crippen molar-refractivity contribution < 1.29 is 18.1 Å². The lowest BCUT2D eigenvalue weighted by Gasteiger charge is -2.28. The Kier molecular flexibility index (Phi) is 3.64. The van der Waals surface area contributed by atoms with Crippen LogP contribution in [0.4, 0.5) is 5.69 Å². The second kappa shape index (κ2) is 5.35. The number of hydrogen-bond donors (Lipinski definition) is 0. The summed E-state index contributed by atoms with van der Waals surface area (Å²) >= 11 is 0. The summed E-state index contributed by atoms with van der Waals surface area (Å²) < 4.78 is 23.3. The summed E-state index contributed by atoms with van der Waals surface area (Å²) in [7, 11) is -3.09. The molecule has 2 aliphatic rings. The normalized spacial score (nSPS) is 23.2. The number of rotatable bonds is 4. The van der Waals surface area contributed by atoms with Gasteiger partial charge in [-0.3, -0.25) is 14.9 Å². The molecule has 1 atom stereocenters. The van der Waals surface area contributed by atoms with E-state index in [-0.39, 0.29) is 40.7 Å². The molecule has 1 amide bonds. The molecule has 1 heterocycles. The molecule has 7 nitrogen and oxygen atoms in total. The maximum absolute atomic E-state index is 12.7. The Labute approximate surface area is 128 Å². The van der Waals surface area contributed by atoms with E-state index in [9.17, 15) is 23.3 Å². The molecule has 0 spiro atoms. The van der Waals surface area contributed by atoms with Crippen molar-refractivity contribution in [1.82, 2.24) is 4.90 Å². The predicted molar refractivity (Wildman–Crippen MR) is 79.3 cm³/mol. The molecule has 0 aromatic heterocycles. The van der Waals surface area contributed by atoms with Gasteiger partial charge in [0.2, 0.25) is 0 Å². The molecule has 2 fully saturated rings. The van der Waals surface area contributed by atoms with Crippen LogP contribution in [-0.4, -0.2) is 47.7 Å². The second-order valence-corrected chi connectivity index (χ2v) is 8.04. The third kappa shape index (κ3) is 2.96. The van der Waals surface area contributed by atoms with Gasteiger partial charge in [-0.25, -0.2) is 8.42 Å². The molecule has 0 N–H and O–H groups in total. The lowest BCUT2D eigenvalue weighted by Crippen LogP contribution is -2.42. The minimum atomic E-state index is -3.09. The van der Waals surface area contributed by atoms with Gasteiger partial charge in [0.15, 0.2) is 9.84 Å². The second-order valence-electron chi connectivity index (χ2n) is 5.81. The van der Waals surface area contributed by atoms with Gasteiger partial charge in [-0.05, 0) is 25.3 Å². The average molecular weight is 324 g/mol. The quantitative estimate of drug-likeness (QED) is 0.615. The molecule has 118 valence electrons. The summed E-state index contributed by atoms with van der Waals surface area (Å²) in [4.78, 5) is 24.6. The molecule has 22 heavy (non-hydrogen) atoms. The van der Waals surface area contributed by atoms with Crippen molar-refractivity contribution in [1.29, 1.82) is 0 Å². The molecule has 0 bridgehead atoms. The molecule has 1 aliphatic carbocycles. The highest BCUT2D eigenvalue weighted by Crippen LogP contribution is 2.33. The van der Waals surface area contributed by atoms with E-state index in [0.717, 1.165) is 12.8 Å². The number of non-ortho nitro benzene ring substituents is 1. The fraction of sp³-hybridized carbons (Fsp3) is 0.500. The van der Waals surface area contributed by atoms with Gasteiger partial charge in [0.05, 0.1) is 16.4 Å². The predicted octanol–water partition coefficient (Wildman–Crippen LogP) is 1.39. The van der Waals surface area contributed by atoms with Crippen LogP contribution < -0.4 is 0 Å². The molecule has 1 saturated carbocycles. The van der Waals surface area contributed by atoms with E-state index in [2.05, 4.69) is 0 Å². The van der Waals surface area contributed by atoms with Crippen LogP contribution in [0.1, 0.15) is 29.6 Å². The van der Waals surface area contributed by atoms with Crippen molar-refractivity contribution in [2.75, 3.05) is 11.5 Å². The minimum absolute atomic E-state index is 0.00976. The number of hydrogen-bond acceptors (Lipinski definition) is 5. The van der Waals surface area contributed by atoms with Crippen molar-refractivity contribution in [2.45, 2.75) is 31.3 Å². The van der Waals surface area contributed by atoms with Crippen molar-refractivity contribution in [3.05, 3.63) is 39.9 Å². The van der Waals surface area contributed by atoms with Crippen LogP contribution in [-0.2, 0) is 9.84 Å². The number of benzene rings is 1. The molecule has 1 unspecified atom stereocenters. The summed E-state index contributed by atoms with van der Waals surface area (Å²) in [5.41, 5.74) is 0.103. The molecule has 1 saturated heterocycles. The molecule has 1 aromatic carbocycles. The van der Waals surface area contributed by atoms with Crippen LogP contribution in [0.15, 0.2) is 24.3 Å². The largest absolute Gasteiger partial charge is 0.332 e. The first-order valence-electron chi connectivity index (χ1n) is 7.15. The fourth-order valence-corrected chi connectivity index (χ4v) is 4.59. The van der Waals surface area contributed by atoms with E-state index in [1.165, 1.54) is 24.3 Å². The van der Waals surface area contributed by atoms with Crippen molar-refractivity contribution in [3.8, 4) is 0 Å². The van der Waals surface area contributed by atoms with Crippen LogP contribution >= 0.6 is 0 Å². The number of carbonyl (C=O) groups is 1. The molecule has 3 rings (SSSR count). The number of amides is 1. The Morgan fingerprint density at radius 3 is 2.50 bits per heavy atom. The summed E-state index contributed by atoms with van der Waals surface area (Å²) in [5.74, 6) is -0.221. The number of carbonyl (C=O) groups excluding carboxylic acids is 1. The van der Waals surface area contributed by atoms with Crippen molar-refractivity contribution in [2.24, 2.45) is 0 Å². The number of nitro groups is 1. The Morgan fingerprint density at radius 1 is 1.23 bits per heavy atom. The summed E-state index contributed by atoms with van der Waals surface area (Å²) in [6, 6.07) is 5.34. The zero-order valence-electron chi connectivity index (χ0n) is 11.8. The monoisotopic (exact) mass is 324 g/mol. The topological polar surface area (TPSA) is 97.6 Å². The first-order valence-corrected chi connectivity index (χ1v) is 8.97. The van der Waals surface area contributed by atoms with Crippen molar-refractivity contribution in [3.63, 3.8) is 0 Å². The fourth-order valence-electron chi connectivity index (χ4n) is 2.88. The van der Waals surface area contributed by atoms with Crippen molar-refractivity contribution >= 4 is 21.4 Å². The number of sulfone groups is 1. The standard InChI is InChI=1S/C14H16N2O5S/c17-14(10-2-1-3-12(8-10)16(18)19)15(11-4-5-11)13-6-7-22(20,21)9-13/h1-3,8,11,13H,4-7,9H2. The van der Waals surface area contributed by atoms with E-state index in [4.69, 9.17) is 0 Å². The van der Waals surface area contributed by atoms with E-state index in [1.807, 2.05) is 0 Å². The lowest BCUT2D eigenvalue weighted by molar-refractivity contribution is -0.384. The molecule has 1 aliphatic heterocycles. The van der Waals surface area contributed by atoms with E-state index >= 15 is 0 Å². The van der Waals surface area contributed by atoms with Crippen LogP contribution in [0.25, 0.3) is 0 Å². The van der Waals surface area contributed by atoms with Gasteiger partial charge in [0.1, 0.15) is 0 Å². The van der Waals surface area contributed by atoms with E-state index in [0.29, 0.717) is 6.42 Å². The van der Waals surface area contributed by atoms with E-state index in [1.54, 1.807) is 4.90 Å². The third-order valence-corrected chi connectivity index (χ3v) is 5.83. The van der Waals surface area contributed by atoms with Gasteiger partial charge in [0, 0.05) is 29.8 Å². The summed E-state index contributed by atoms with van der Waals surface area (Å²) in [6.07, 6.45) is 2.16. The van der Waals surface area contributed by atoms with Gasteiger partial charge >= 0.3 is 0 Å². The molecule has 1 aromatic rings. The first kappa shape index (κ1) is 15.0. The van der Waals surface area contributed by atoms with Crippen LogP contribution in [0.2, 0.25) is 0 Å². The number of nitrogens with zero attached hydrogens (tertiary/aromatic N) is 2. The molecular weight excluding hydrogens is 308 g/mol. The SMILES string of the molecule is O=C(c1cccc([N+](=O)[O-])c1)N(C1CC1)C1CCS(=O)(=O)C1. The Hall–Kier alpha value is -1.96.